The van der Waals surface area contributed by atoms with Crippen LogP contribution in [-0.4, -0.2) is 43.7 Å². The summed E-state index contributed by atoms with van der Waals surface area (Å²) in [6.45, 7) is 0. The zero-order valence-electron chi connectivity index (χ0n) is 15.1. The van der Waals surface area contributed by atoms with Gasteiger partial charge in [0, 0.05) is 18.7 Å². The van der Waals surface area contributed by atoms with Crippen molar-refractivity contribution in [3.05, 3.63) is 68.5 Å². The van der Waals surface area contributed by atoms with Gasteiger partial charge in [-0.25, -0.2) is 0 Å². The molecule has 0 spiro atoms. The van der Waals surface area contributed by atoms with Crippen molar-refractivity contribution >= 4 is 61.2 Å². The number of hydrogen-bond acceptors (Lipinski definition) is 6. The van der Waals surface area contributed by atoms with Gasteiger partial charge in [0.05, 0.1) is 11.0 Å². The summed E-state index contributed by atoms with van der Waals surface area (Å²) >= 11 is 9.31. The number of aliphatic hydroxyl groups is 3. The molecule has 0 amide bonds. The van der Waals surface area contributed by atoms with Crippen LogP contribution < -0.4 is 0 Å². The standard InChI is InChI=1S/C21H18Br2O4S2/c22-12-5-1-3-7-14(12)28-16-11-20(27)10-9-17(24)21(18(16)25,19(20)26)29-15-8-4-2-6-13(15)23/h1-8,11,17,19,24,26-27H,9-10H2/t17-,19+,20+,21-/m1/s1. The molecular weight excluding hydrogens is 540 g/mol. The van der Waals surface area contributed by atoms with E-state index in [1.54, 1.807) is 0 Å². The third kappa shape index (κ3) is 3.67. The SMILES string of the molecule is O=C1C(Sc2ccccc2Br)=C[C@@]2(O)CC[C@@H](O)[C@]1(Sc1ccccc1Br)[C@H]2O. The molecule has 0 saturated heterocycles. The molecule has 0 heterocycles. The monoisotopic (exact) mass is 556 g/mol. The molecule has 8 heteroatoms. The van der Waals surface area contributed by atoms with Crippen molar-refractivity contribution in [1.82, 2.24) is 0 Å². The van der Waals surface area contributed by atoms with Gasteiger partial charge in [0.15, 0.2) is 5.78 Å². The van der Waals surface area contributed by atoms with Crippen LogP contribution in [0, 0.1) is 0 Å². The van der Waals surface area contributed by atoms with E-state index in [4.69, 9.17) is 0 Å². The smallest absolute Gasteiger partial charge is 0.191 e. The summed E-state index contributed by atoms with van der Waals surface area (Å²) < 4.78 is 0.000135. The number of rotatable bonds is 4. The van der Waals surface area contributed by atoms with E-state index in [0.29, 0.717) is 4.91 Å². The number of aliphatic hydroxyl groups excluding tert-OH is 2. The first kappa shape index (κ1) is 21.6. The first-order valence-electron chi connectivity index (χ1n) is 9.00. The maximum Gasteiger partial charge on any atom is 0.191 e. The summed E-state index contributed by atoms with van der Waals surface area (Å²) in [5, 5.41) is 33.2. The van der Waals surface area contributed by atoms with Gasteiger partial charge < -0.3 is 15.3 Å². The molecule has 4 rings (SSSR count). The number of Topliss-reactive ketones (excluding diaryl/α,β-unsaturated/α-hetero) is 1. The molecule has 2 bridgehead atoms. The number of halogens is 2. The highest BCUT2D eigenvalue weighted by Gasteiger charge is 2.64. The summed E-state index contributed by atoms with van der Waals surface area (Å²) in [5.74, 6) is -0.372. The Morgan fingerprint density at radius 3 is 2.17 bits per heavy atom. The Balaban J connectivity index is 1.81. The van der Waals surface area contributed by atoms with Gasteiger partial charge in [0.25, 0.3) is 0 Å². The van der Waals surface area contributed by atoms with E-state index in [2.05, 4.69) is 31.9 Å². The van der Waals surface area contributed by atoms with E-state index in [-0.39, 0.29) is 18.6 Å². The fourth-order valence-electron chi connectivity index (χ4n) is 3.79. The molecule has 152 valence electrons. The minimum atomic E-state index is -1.59. The quantitative estimate of drug-likeness (QED) is 0.512. The second-order valence-electron chi connectivity index (χ2n) is 7.14. The van der Waals surface area contributed by atoms with Crippen LogP contribution in [0.15, 0.2) is 78.2 Å². The van der Waals surface area contributed by atoms with Crippen LogP contribution in [0.1, 0.15) is 12.8 Å². The average molecular weight is 558 g/mol. The number of carbonyl (C=O) groups is 1. The van der Waals surface area contributed by atoms with E-state index in [1.807, 2.05) is 48.5 Å². The third-order valence-corrected chi connectivity index (χ3v) is 9.93. The zero-order valence-corrected chi connectivity index (χ0v) is 19.9. The van der Waals surface area contributed by atoms with Gasteiger partial charge in [0.2, 0.25) is 0 Å². The van der Waals surface area contributed by atoms with Crippen molar-refractivity contribution in [3.63, 3.8) is 0 Å². The lowest BCUT2D eigenvalue weighted by Crippen LogP contribution is -2.69. The lowest BCUT2D eigenvalue weighted by Gasteiger charge is -2.52. The number of hydrogen-bond donors (Lipinski definition) is 3. The molecule has 0 unspecified atom stereocenters. The molecule has 2 aliphatic rings. The Labute approximate surface area is 194 Å². The molecule has 3 N–H and O–H groups in total. The van der Waals surface area contributed by atoms with E-state index in [1.165, 1.54) is 17.8 Å². The molecule has 29 heavy (non-hydrogen) atoms. The minimum Gasteiger partial charge on any atom is -0.391 e. The van der Waals surface area contributed by atoms with E-state index in [0.717, 1.165) is 30.5 Å². The molecular formula is C21H18Br2O4S2. The van der Waals surface area contributed by atoms with E-state index in [9.17, 15) is 20.1 Å². The number of allylic oxidation sites excluding steroid dienone is 1. The lowest BCUT2D eigenvalue weighted by atomic mass is 9.67. The number of fused-ring (bicyclic) bond motifs is 2. The van der Waals surface area contributed by atoms with Crippen LogP contribution in [0.2, 0.25) is 0 Å². The summed E-state index contributed by atoms with van der Waals surface area (Å²) in [5.41, 5.74) is -1.58. The first-order valence-corrected chi connectivity index (χ1v) is 12.2. The highest BCUT2D eigenvalue weighted by Crippen LogP contribution is 2.55. The number of thioether (sulfide) groups is 2. The normalized spacial score (nSPS) is 31.5. The summed E-state index contributed by atoms with van der Waals surface area (Å²) in [6.07, 6.45) is -0.645. The third-order valence-electron chi connectivity index (χ3n) is 5.32. The first-order chi connectivity index (χ1) is 13.8. The van der Waals surface area contributed by atoms with Crippen molar-refractivity contribution in [2.75, 3.05) is 0 Å². The highest BCUT2D eigenvalue weighted by molar-refractivity contribution is 9.10. The predicted molar refractivity (Wildman–Crippen MR) is 122 cm³/mol. The number of benzene rings is 2. The van der Waals surface area contributed by atoms with Gasteiger partial charge in [-0.3, -0.25) is 4.79 Å². The largest absolute Gasteiger partial charge is 0.391 e. The summed E-state index contributed by atoms with van der Waals surface area (Å²) in [6, 6.07) is 14.8. The second kappa shape index (κ2) is 8.15. The molecule has 2 aromatic rings. The van der Waals surface area contributed by atoms with Gasteiger partial charge in [-0.2, -0.15) is 0 Å². The molecule has 0 aromatic heterocycles. The van der Waals surface area contributed by atoms with Gasteiger partial charge in [-0.05, 0) is 75.0 Å². The van der Waals surface area contributed by atoms with Crippen LogP contribution in [0.3, 0.4) is 0 Å². The Morgan fingerprint density at radius 1 is 0.966 bits per heavy atom. The van der Waals surface area contributed by atoms with Crippen LogP contribution in [-0.2, 0) is 4.79 Å². The molecule has 1 fully saturated rings. The van der Waals surface area contributed by atoms with E-state index >= 15 is 0 Å². The summed E-state index contributed by atoms with van der Waals surface area (Å²) in [4.78, 5) is 15.5. The summed E-state index contributed by atoms with van der Waals surface area (Å²) in [7, 11) is 0. The maximum atomic E-state index is 13.7. The van der Waals surface area contributed by atoms with Crippen molar-refractivity contribution < 1.29 is 20.1 Å². The molecule has 0 radical (unpaired) electrons. The van der Waals surface area contributed by atoms with Gasteiger partial charge in [-0.1, -0.05) is 36.0 Å². The highest BCUT2D eigenvalue weighted by atomic mass is 79.9. The van der Waals surface area contributed by atoms with Gasteiger partial charge in [-0.15, -0.1) is 11.8 Å². The molecule has 2 aromatic carbocycles. The molecule has 1 saturated carbocycles. The van der Waals surface area contributed by atoms with Crippen LogP contribution >= 0.6 is 55.4 Å². The molecule has 2 aliphatic carbocycles. The Kier molecular flexibility index (Phi) is 6.07. The fraction of sp³-hybridized carbons (Fsp3) is 0.286. The van der Waals surface area contributed by atoms with Crippen molar-refractivity contribution in [3.8, 4) is 0 Å². The van der Waals surface area contributed by atoms with Crippen molar-refractivity contribution in [2.24, 2.45) is 0 Å². The maximum absolute atomic E-state index is 13.7. The Hall–Kier alpha value is -0.610. The zero-order chi connectivity index (χ0) is 20.8. The minimum absolute atomic E-state index is 0.181. The van der Waals surface area contributed by atoms with Crippen LogP contribution in [0.5, 0.6) is 0 Å². The lowest BCUT2D eigenvalue weighted by molar-refractivity contribution is -0.149. The van der Waals surface area contributed by atoms with E-state index < -0.39 is 22.6 Å². The van der Waals surface area contributed by atoms with Crippen molar-refractivity contribution in [1.29, 1.82) is 0 Å². The topological polar surface area (TPSA) is 77.8 Å². The second-order valence-corrected chi connectivity index (χ2v) is 11.3. The molecule has 0 aliphatic heterocycles. The van der Waals surface area contributed by atoms with Crippen LogP contribution in [0.4, 0.5) is 0 Å². The van der Waals surface area contributed by atoms with Crippen molar-refractivity contribution in [2.45, 2.75) is 45.2 Å². The number of ketones is 1. The van der Waals surface area contributed by atoms with Gasteiger partial charge >= 0.3 is 0 Å². The number of carbonyl (C=O) groups excluding carboxylic acids is 1. The Bertz CT molecular complexity index is 998. The average Bonchev–Trinajstić information content (AvgIpc) is 2.70. The van der Waals surface area contributed by atoms with Gasteiger partial charge in [0.1, 0.15) is 16.5 Å². The van der Waals surface area contributed by atoms with Crippen LogP contribution in [0.25, 0.3) is 0 Å². The fourth-order valence-corrected chi connectivity index (χ4v) is 7.43. The predicted octanol–water partition coefficient (Wildman–Crippen LogP) is 4.55. The molecule has 4 atom stereocenters. The molecule has 4 nitrogen and oxygen atoms in total. The Morgan fingerprint density at radius 2 is 1.55 bits per heavy atom.